The van der Waals surface area contributed by atoms with E-state index in [9.17, 15) is 9.59 Å². The number of ether oxygens (including phenoxy) is 2. The summed E-state index contributed by atoms with van der Waals surface area (Å²) in [6.07, 6.45) is 0.722. The van der Waals surface area contributed by atoms with Crippen LogP contribution < -0.4 is 0 Å². The predicted molar refractivity (Wildman–Crippen MR) is 75.5 cm³/mol. The first-order valence-electron chi connectivity index (χ1n) is 6.34. The highest BCUT2D eigenvalue weighted by atomic mass is 32.1. The molecule has 106 valence electrons. The zero-order valence-electron chi connectivity index (χ0n) is 11.1. The summed E-state index contributed by atoms with van der Waals surface area (Å²) in [7, 11) is 0. The molecule has 0 aliphatic rings. The molecule has 2 rings (SSSR count). The summed E-state index contributed by atoms with van der Waals surface area (Å²) in [4.78, 5) is 26.9. The van der Waals surface area contributed by atoms with Gasteiger partial charge in [-0.05, 0) is 19.1 Å². The fraction of sp³-hybridized carbons (Fsp3) is 0.357. The number of rotatable bonds is 6. The molecule has 0 atom stereocenters. The van der Waals surface area contributed by atoms with Crippen molar-refractivity contribution in [2.75, 3.05) is 13.2 Å². The lowest BCUT2D eigenvalue weighted by Crippen LogP contribution is -2.16. The number of aromatic nitrogens is 1. The minimum Gasteiger partial charge on any atom is -0.463 e. The van der Waals surface area contributed by atoms with E-state index in [1.54, 1.807) is 18.3 Å². The molecule has 1 heterocycles. The van der Waals surface area contributed by atoms with Crippen molar-refractivity contribution in [1.29, 1.82) is 0 Å². The van der Waals surface area contributed by atoms with E-state index in [1.165, 1.54) is 0 Å². The smallest absolute Gasteiger partial charge is 0.344 e. The van der Waals surface area contributed by atoms with Crippen LogP contribution >= 0.6 is 11.3 Å². The highest BCUT2D eigenvalue weighted by molar-refractivity contribution is 7.18. The van der Waals surface area contributed by atoms with Crippen LogP contribution in [0.25, 0.3) is 10.2 Å². The van der Waals surface area contributed by atoms with E-state index in [-0.39, 0.29) is 19.6 Å². The summed E-state index contributed by atoms with van der Waals surface area (Å²) >= 11 is 1.56. The minimum absolute atomic E-state index is 0.208. The van der Waals surface area contributed by atoms with Gasteiger partial charge in [-0.1, -0.05) is 12.1 Å². The monoisotopic (exact) mass is 293 g/mol. The Hall–Kier alpha value is -1.95. The van der Waals surface area contributed by atoms with Gasteiger partial charge in [0.2, 0.25) is 0 Å². The van der Waals surface area contributed by atoms with E-state index in [0.29, 0.717) is 6.42 Å². The molecule has 5 nitrogen and oxygen atoms in total. The number of hydrogen-bond acceptors (Lipinski definition) is 6. The molecule has 0 amide bonds. The predicted octanol–water partition coefficient (Wildman–Crippen LogP) is 2.34. The third kappa shape index (κ3) is 4.03. The Morgan fingerprint density at radius 3 is 2.75 bits per heavy atom. The third-order valence-electron chi connectivity index (χ3n) is 2.54. The summed E-state index contributed by atoms with van der Waals surface area (Å²) in [5.41, 5.74) is 0.937. The molecule has 20 heavy (non-hydrogen) atoms. The highest BCUT2D eigenvalue weighted by Gasteiger charge is 2.10. The average Bonchev–Trinajstić information content (AvgIpc) is 2.86. The number of nitrogens with zero attached hydrogens (tertiary/aromatic N) is 1. The lowest BCUT2D eigenvalue weighted by molar-refractivity contribution is -0.158. The summed E-state index contributed by atoms with van der Waals surface area (Å²) in [5, 5.41) is 0.888. The Morgan fingerprint density at radius 2 is 2.00 bits per heavy atom. The highest BCUT2D eigenvalue weighted by Crippen LogP contribution is 2.22. The maximum Gasteiger partial charge on any atom is 0.344 e. The number of benzene rings is 1. The van der Waals surface area contributed by atoms with Gasteiger partial charge >= 0.3 is 11.9 Å². The molecule has 0 saturated carbocycles. The zero-order chi connectivity index (χ0) is 14.4. The normalized spacial score (nSPS) is 10.4. The fourth-order valence-corrected chi connectivity index (χ4v) is 2.62. The number of thiazole rings is 1. The Labute approximate surface area is 120 Å². The molecule has 6 heteroatoms. The molecule has 0 unspecified atom stereocenters. The van der Waals surface area contributed by atoms with Gasteiger partial charge in [-0.2, -0.15) is 0 Å². The molecule has 0 N–H and O–H groups in total. The number of fused-ring (bicyclic) bond motifs is 1. The second-order valence-electron chi connectivity index (χ2n) is 4.04. The largest absolute Gasteiger partial charge is 0.463 e. The van der Waals surface area contributed by atoms with Crippen LogP contribution in [-0.2, 0) is 25.5 Å². The first kappa shape index (κ1) is 14.5. The molecule has 0 fully saturated rings. The number of carbonyl (C=O) groups is 2. The summed E-state index contributed by atoms with van der Waals surface area (Å²) in [5.74, 6) is -0.946. The van der Waals surface area contributed by atoms with E-state index >= 15 is 0 Å². The Kier molecular flexibility index (Phi) is 5.06. The number of esters is 2. The van der Waals surface area contributed by atoms with E-state index in [2.05, 4.69) is 9.72 Å². The van der Waals surface area contributed by atoms with Crippen LogP contribution in [0.5, 0.6) is 0 Å². The number of para-hydroxylation sites is 1. The molecule has 0 saturated heterocycles. The molecule has 0 radical (unpaired) electrons. The van der Waals surface area contributed by atoms with Crippen LogP contribution in [0.3, 0.4) is 0 Å². The van der Waals surface area contributed by atoms with Gasteiger partial charge in [-0.15, -0.1) is 11.3 Å². The topological polar surface area (TPSA) is 65.5 Å². The quantitative estimate of drug-likeness (QED) is 0.765. The maximum atomic E-state index is 11.5. The van der Waals surface area contributed by atoms with Crippen molar-refractivity contribution in [2.24, 2.45) is 0 Å². The lowest BCUT2D eigenvalue weighted by atomic mass is 10.3. The molecule has 0 spiro atoms. The lowest BCUT2D eigenvalue weighted by Gasteiger charge is -2.03. The molecule has 1 aromatic heterocycles. The fourth-order valence-electron chi connectivity index (χ4n) is 1.65. The van der Waals surface area contributed by atoms with Crippen molar-refractivity contribution < 1.29 is 19.1 Å². The molecule has 0 aliphatic carbocycles. The number of aryl methyl sites for hydroxylation is 1. The van der Waals surface area contributed by atoms with Gasteiger partial charge in [0.15, 0.2) is 6.61 Å². The first-order valence-corrected chi connectivity index (χ1v) is 7.16. The Bertz CT molecular complexity index is 575. The van der Waals surface area contributed by atoms with Crippen LogP contribution in [0, 0.1) is 0 Å². The summed E-state index contributed by atoms with van der Waals surface area (Å²) in [6.45, 7) is 1.65. The number of hydrogen-bond donors (Lipinski definition) is 0. The van der Waals surface area contributed by atoms with Crippen molar-refractivity contribution in [3.8, 4) is 0 Å². The van der Waals surface area contributed by atoms with Crippen LogP contribution in [-0.4, -0.2) is 30.1 Å². The third-order valence-corrected chi connectivity index (χ3v) is 3.63. The standard InChI is InChI=1S/C14H15NO4S/c1-2-18-14(17)9-19-13(16)8-7-12-15-10-5-3-4-6-11(10)20-12/h3-6H,2,7-9H2,1H3. The second kappa shape index (κ2) is 7.00. The molecule has 2 aromatic rings. The van der Waals surface area contributed by atoms with Gasteiger partial charge < -0.3 is 9.47 Å². The van der Waals surface area contributed by atoms with E-state index in [1.807, 2.05) is 24.3 Å². The van der Waals surface area contributed by atoms with Crippen molar-refractivity contribution in [2.45, 2.75) is 19.8 Å². The van der Waals surface area contributed by atoms with E-state index in [0.717, 1.165) is 15.2 Å². The first-order chi connectivity index (χ1) is 9.69. The van der Waals surface area contributed by atoms with Gasteiger partial charge in [0.1, 0.15) is 0 Å². The molecule has 0 aliphatic heterocycles. The zero-order valence-corrected chi connectivity index (χ0v) is 11.9. The van der Waals surface area contributed by atoms with E-state index < -0.39 is 11.9 Å². The Balaban J connectivity index is 1.79. The van der Waals surface area contributed by atoms with Crippen molar-refractivity contribution >= 4 is 33.5 Å². The number of carbonyl (C=O) groups excluding carboxylic acids is 2. The average molecular weight is 293 g/mol. The van der Waals surface area contributed by atoms with Crippen LogP contribution in [0.4, 0.5) is 0 Å². The molecule has 1 aromatic carbocycles. The van der Waals surface area contributed by atoms with E-state index in [4.69, 9.17) is 4.74 Å². The van der Waals surface area contributed by atoms with Crippen LogP contribution in [0.15, 0.2) is 24.3 Å². The van der Waals surface area contributed by atoms with Crippen molar-refractivity contribution in [3.63, 3.8) is 0 Å². The van der Waals surface area contributed by atoms with Gasteiger partial charge in [-0.3, -0.25) is 4.79 Å². The van der Waals surface area contributed by atoms with Gasteiger partial charge in [-0.25, -0.2) is 9.78 Å². The van der Waals surface area contributed by atoms with Gasteiger partial charge in [0, 0.05) is 6.42 Å². The van der Waals surface area contributed by atoms with Gasteiger partial charge in [0.05, 0.1) is 28.3 Å². The minimum atomic E-state index is -0.527. The second-order valence-corrected chi connectivity index (χ2v) is 5.16. The SMILES string of the molecule is CCOC(=O)COC(=O)CCc1nc2ccccc2s1. The van der Waals surface area contributed by atoms with Crippen molar-refractivity contribution in [1.82, 2.24) is 4.98 Å². The maximum absolute atomic E-state index is 11.5. The van der Waals surface area contributed by atoms with Crippen LogP contribution in [0.2, 0.25) is 0 Å². The van der Waals surface area contributed by atoms with Gasteiger partial charge in [0.25, 0.3) is 0 Å². The summed E-state index contributed by atoms with van der Waals surface area (Å²) in [6, 6.07) is 7.82. The molecular formula is C14H15NO4S. The van der Waals surface area contributed by atoms with Crippen LogP contribution in [0.1, 0.15) is 18.4 Å². The molecule has 0 bridgehead atoms. The molecular weight excluding hydrogens is 278 g/mol. The van der Waals surface area contributed by atoms with Crippen molar-refractivity contribution in [3.05, 3.63) is 29.3 Å². The summed E-state index contributed by atoms with van der Waals surface area (Å²) < 4.78 is 10.6. The Morgan fingerprint density at radius 1 is 1.20 bits per heavy atom.